The predicted molar refractivity (Wildman–Crippen MR) is 85.5 cm³/mol. The van der Waals surface area contributed by atoms with Gasteiger partial charge in [0.25, 0.3) is 0 Å². The predicted octanol–water partition coefficient (Wildman–Crippen LogP) is 3.83. The Morgan fingerprint density at radius 1 is 1.27 bits per heavy atom. The van der Waals surface area contributed by atoms with Crippen LogP contribution >= 0.6 is 0 Å². The molecule has 116 valence electrons. The maximum Gasteiger partial charge on any atom is 0.337 e. The van der Waals surface area contributed by atoms with Crippen LogP contribution in [0.2, 0.25) is 0 Å². The first-order chi connectivity index (χ1) is 10.7. The third kappa shape index (κ3) is 2.32. The number of esters is 1. The van der Waals surface area contributed by atoms with Crippen LogP contribution in [-0.2, 0) is 11.8 Å². The standard InChI is InChI=1S/C18H21NO3/c1-19-15-10-13(18(21)22-2)8-9-14(15)17(16(19)11-20)12-6-4-3-5-7-12/h8-12H,3-7H2,1-2H3. The minimum atomic E-state index is -0.352. The van der Waals surface area contributed by atoms with E-state index < -0.39 is 0 Å². The molecule has 0 N–H and O–H groups in total. The van der Waals surface area contributed by atoms with E-state index in [1.807, 2.05) is 23.7 Å². The smallest absolute Gasteiger partial charge is 0.337 e. The van der Waals surface area contributed by atoms with Crippen molar-refractivity contribution in [3.8, 4) is 0 Å². The van der Waals surface area contributed by atoms with Gasteiger partial charge in [-0.15, -0.1) is 0 Å². The Bertz CT molecular complexity index is 723. The summed E-state index contributed by atoms with van der Waals surface area (Å²) in [5.74, 6) is 0.0941. The highest BCUT2D eigenvalue weighted by Gasteiger charge is 2.24. The van der Waals surface area contributed by atoms with E-state index >= 15 is 0 Å². The average Bonchev–Trinajstić information content (AvgIpc) is 2.86. The van der Waals surface area contributed by atoms with Gasteiger partial charge in [-0.05, 0) is 36.5 Å². The maximum atomic E-state index is 11.7. The molecule has 2 aromatic rings. The quantitative estimate of drug-likeness (QED) is 0.639. The fraction of sp³-hybridized carbons (Fsp3) is 0.444. The molecule has 0 saturated heterocycles. The topological polar surface area (TPSA) is 48.3 Å². The number of fused-ring (bicyclic) bond motifs is 1. The van der Waals surface area contributed by atoms with Gasteiger partial charge in [0.05, 0.1) is 18.4 Å². The molecule has 1 aliphatic rings. The number of hydrogen-bond acceptors (Lipinski definition) is 3. The lowest BCUT2D eigenvalue weighted by molar-refractivity contribution is 0.0601. The average molecular weight is 299 g/mol. The molecule has 0 amide bonds. The first-order valence-electron chi connectivity index (χ1n) is 7.83. The lowest BCUT2D eigenvalue weighted by Gasteiger charge is -2.22. The molecular weight excluding hydrogens is 278 g/mol. The third-order valence-electron chi connectivity index (χ3n) is 4.83. The summed E-state index contributed by atoms with van der Waals surface area (Å²) in [6, 6.07) is 5.56. The first-order valence-corrected chi connectivity index (χ1v) is 7.83. The molecule has 22 heavy (non-hydrogen) atoms. The summed E-state index contributed by atoms with van der Waals surface area (Å²) in [6.45, 7) is 0. The summed E-state index contributed by atoms with van der Waals surface area (Å²) in [5, 5.41) is 1.09. The van der Waals surface area contributed by atoms with Gasteiger partial charge in [0.15, 0.2) is 6.29 Å². The van der Waals surface area contributed by atoms with Crippen molar-refractivity contribution in [1.82, 2.24) is 4.57 Å². The zero-order valence-electron chi connectivity index (χ0n) is 13.1. The minimum absolute atomic E-state index is 0.352. The number of hydrogen-bond donors (Lipinski definition) is 0. The van der Waals surface area contributed by atoms with Gasteiger partial charge in [-0.25, -0.2) is 4.79 Å². The Morgan fingerprint density at radius 3 is 2.64 bits per heavy atom. The molecule has 4 heteroatoms. The molecule has 0 bridgehead atoms. The number of nitrogens with zero attached hydrogens (tertiary/aromatic N) is 1. The van der Waals surface area contributed by atoms with Gasteiger partial charge in [0.1, 0.15) is 0 Å². The summed E-state index contributed by atoms with van der Waals surface area (Å²) >= 11 is 0. The molecule has 0 radical (unpaired) electrons. The van der Waals surface area contributed by atoms with E-state index in [0.717, 1.165) is 41.3 Å². The van der Waals surface area contributed by atoms with Crippen LogP contribution < -0.4 is 0 Å². The van der Waals surface area contributed by atoms with E-state index in [2.05, 4.69) is 0 Å². The Hall–Kier alpha value is -2.10. The van der Waals surface area contributed by atoms with E-state index in [1.54, 1.807) is 6.07 Å². The maximum absolute atomic E-state index is 11.7. The number of aldehydes is 1. The largest absolute Gasteiger partial charge is 0.465 e. The molecule has 1 saturated carbocycles. The van der Waals surface area contributed by atoms with Crippen LogP contribution in [0, 0.1) is 0 Å². The van der Waals surface area contributed by atoms with Crippen molar-refractivity contribution in [2.24, 2.45) is 7.05 Å². The fourth-order valence-electron chi connectivity index (χ4n) is 3.69. The van der Waals surface area contributed by atoms with Gasteiger partial charge < -0.3 is 9.30 Å². The molecule has 0 aliphatic heterocycles. The van der Waals surface area contributed by atoms with E-state index in [-0.39, 0.29) is 5.97 Å². The lowest BCUT2D eigenvalue weighted by Crippen LogP contribution is -2.07. The second-order valence-corrected chi connectivity index (χ2v) is 6.03. The first kappa shape index (κ1) is 14.8. The number of carbonyl (C=O) groups is 2. The van der Waals surface area contributed by atoms with E-state index in [4.69, 9.17) is 4.74 Å². The van der Waals surface area contributed by atoms with E-state index in [9.17, 15) is 9.59 Å². The van der Waals surface area contributed by atoms with Crippen LogP contribution in [0.3, 0.4) is 0 Å². The third-order valence-corrected chi connectivity index (χ3v) is 4.83. The zero-order chi connectivity index (χ0) is 15.7. The highest BCUT2D eigenvalue weighted by atomic mass is 16.5. The number of rotatable bonds is 3. The van der Waals surface area contributed by atoms with Crippen molar-refractivity contribution in [1.29, 1.82) is 0 Å². The van der Waals surface area contributed by atoms with Gasteiger partial charge in [0.2, 0.25) is 0 Å². The molecule has 0 unspecified atom stereocenters. The molecule has 3 rings (SSSR count). The molecule has 4 nitrogen and oxygen atoms in total. The summed E-state index contributed by atoms with van der Waals surface area (Å²) in [7, 11) is 3.27. The van der Waals surface area contributed by atoms with Crippen molar-refractivity contribution in [2.45, 2.75) is 38.0 Å². The number of aromatic nitrogens is 1. The van der Waals surface area contributed by atoms with Gasteiger partial charge in [-0.3, -0.25) is 4.79 Å². The highest BCUT2D eigenvalue weighted by molar-refractivity contribution is 5.99. The highest BCUT2D eigenvalue weighted by Crippen LogP contribution is 2.39. The summed E-state index contributed by atoms with van der Waals surface area (Å²) < 4.78 is 6.69. The molecule has 0 atom stereocenters. The second kappa shape index (κ2) is 5.95. The number of aryl methyl sites for hydroxylation is 1. The van der Waals surface area contributed by atoms with Gasteiger partial charge in [-0.1, -0.05) is 25.3 Å². The zero-order valence-corrected chi connectivity index (χ0v) is 13.1. The molecule has 1 fully saturated rings. The van der Waals surface area contributed by atoms with Crippen LogP contribution in [0.15, 0.2) is 18.2 Å². The normalized spacial score (nSPS) is 15.9. The van der Waals surface area contributed by atoms with Crippen LogP contribution in [0.25, 0.3) is 10.9 Å². The van der Waals surface area contributed by atoms with Gasteiger partial charge in [-0.2, -0.15) is 0 Å². The summed E-state index contributed by atoms with van der Waals surface area (Å²) in [6.07, 6.45) is 6.95. The molecule has 1 heterocycles. The molecular formula is C18H21NO3. The molecule has 0 spiro atoms. The summed E-state index contributed by atoms with van der Waals surface area (Å²) in [5.41, 5.74) is 3.33. The fourth-order valence-corrected chi connectivity index (χ4v) is 3.69. The van der Waals surface area contributed by atoms with E-state index in [1.165, 1.54) is 26.4 Å². The van der Waals surface area contributed by atoms with Crippen LogP contribution in [0.1, 0.15) is 64.4 Å². The van der Waals surface area contributed by atoms with Crippen LogP contribution in [-0.4, -0.2) is 23.9 Å². The Morgan fingerprint density at radius 2 is 2.00 bits per heavy atom. The number of methoxy groups -OCH3 is 1. The van der Waals surface area contributed by atoms with Crippen molar-refractivity contribution in [3.63, 3.8) is 0 Å². The molecule has 1 aliphatic carbocycles. The minimum Gasteiger partial charge on any atom is -0.465 e. The van der Waals surface area contributed by atoms with Crippen LogP contribution in [0.4, 0.5) is 0 Å². The van der Waals surface area contributed by atoms with Crippen LogP contribution in [0.5, 0.6) is 0 Å². The number of carbonyl (C=O) groups excluding carboxylic acids is 2. The number of ether oxygens (including phenoxy) is 1. The number of benzene rings is 1. The Balaban J connectivity index is 2.18. The summed E-state index contributed by atoms with van der Waals surface area (Å²) in [4.78, 5) is 23.4. The SMILES string of the molecule is COC(=O)c1ccc2c(C3CCCCC3)c(C=O)n(C)c2c1. The Labute approximate surface area is 130 Å². The molecule has 1 aromatic heterocycles. The van der Waals surface area contributed by atoms with Crippen molar-refractivity contribution in [3.05, 3.63) is 35.0 Å². The van der Waals surface area contributed by atoms with Crippen molar-refractivity contribution < 1.29 is 14.3 Å². The lowest BCUT2D eigenvalue weighted by atomic mass is 9.82. The van der Waals surface area contributed by atoms with Crippen molar-refractivity contribution in [2.75, 3.05) is 7.11 Å². The molecule has 1 aromatic carbocycles. The van der Waals surface area contributed by atoms with E-state index in [0.29, 0.717) is 11.5 Å². The monoisotopic (exact) mass is 299 g/mol. The van der Waals surface area contributed by atoms with Crippen molar-refractivity contribution >= 4 is 23.2 Å². The second-order valence-electron chi connectivity index (χ2n) is 6.03. The Kier molecular flexibility index (Phi) is 4.01. The van der Waals surface area contributed by atoms with Gasteiger partial charge in [0, 0.05) is 18.0 Å². The van der Waals surface area contributed by atoms with Gasteiger partial charge >= 0.3 is 5.97 Å².